The molecule has 2 heterocycles. The van der Waals surface area contributed by atoms with Crippen LogP contribution < -0.4 is 10.6 Å². The highest BCUT2D eigenvalue weighted by molar-refractivity contribution is 6.09. The minimum Gasteiger partial charge on any atom is -0.392 e. The summed E-state index contributed by atoms with van der Waals surface area (Å²) in [6.07, 6.45) is 7.76. The smallest absolute Gasteiger partial charge is 0.255 e. The van der Waals surface area contributed by atoms with E-state index in [0.29, 0.717) is 16.8 Å². The normalized spacial score (nSPS) is 13.2. The highest BCUT2D eigenvalue weighted by atomic mass is 16.3. The molecule has 3 N–H and O–H groups in total. The molecule has 2 aromatic carbocycles. The van der Waals surface area contributed by atoms with E-state index < -0.39 is 0 Å². The third-order valence-electron chi connectivity index (χ3n) is 6.12. The van der Waals surface area contributed by atoms with Gasteiger partial charge >= 0.3 is 0 Å². The van der Waals surface area contributed by atoms with Gasteiger partial charge in [-0.05, 0) is 55.2 Å². The molecule has 1 fully saturated rings. The number of aromatic nitrogens is 3. The van der Waals surface area contributed by atoms with E-state index in [1.807, 2.05) is 59.4 Å². The lowest BCUT2D eigenvalue weighted by Gasteiger charge is -2.16. The first-order valence-electron chi connectivity index (χ1n) is 11.9. The number of amides is 1. The number of aliphatic hydroxyl groups is 1. The molecule has 4 aromatic rings. The van der Waals surface area contributed by atoms with Gasteiger partial charge in [0, 0.05) is 41.6 Å². The number of fused-ring (bicyclic) bond motifs is 1. The number of aliphatic hydroxyl groups excluding tert-OH is 1. The topological polar surface area (TPSA) is 92.1 Å². The number of para-hydroxylation sites is 1. The number of hydrogen-bond donors (Lipinski definition) is 3. The number of carbonyl (C=O) groups excluding carboxylic acids is 1. The van der Waals surface area contributed by atoms with Gasteiger partial charge in [-0.3, -0.25) is 14.5 Å². The molecule has 0 aliphatic heterocycles. The first kappa shape index (κ1) is 22.1. The Bertz CT molecular complexity index is 1310. The van der Waals surface area contributed by atoms with Crippen molar-refractivity contribution in [1.29, 1.82) is 0 Å². The maximum Gasteiger partial charge on any atom is 0.255 e. The number of benzene rings is 2. The average Bonchev–Trinajstić information content (AvgIpc) is 3.55. The zero-order valence-corrected chi connectivity index (χ0v) is 19.3. The van der Waals surface area contributed by atoms with E-state index in [2.05, 4.69) is 22.5 Å². The van der Waals surface area contributed by atoms with Crippen molar-refractivity contribution in [3.05, 3.63) is 72.1 Å². The Labute approximate surface area is 198 Å². The molecule has 0 unspecified atom stereocenters. The van der Waals surface area contributed by atoms with Crippen LogP contribution in [0.4, 0.5) is 11.4 Å². The molecule has 2 aromatic heterocycles. The molecule has 34 heavy (non-hydrogen) atoms. The minimum absolute atomic E-state index is 0.125. The Morgan fingerprint density at radius 2 is 2.00 bits per heavy atom. The SMILES string of the molecule is CCCCn1ccc(-c2cc3c(Nc4ccccc4)c(C(=O)NC4CC4)cnc3cc2CO)n1. The molecule has 5 rings (SSSR count). The van der Waals surface area contributed by atoms with E-state index in [4.69, 9.17) is 5.10 Å². The quantitative estimate of drug-likeness (QED) is 0.329. The van der Waals surface area contributed by atoms with Crippen LogP contribution in [0.1, 0.15) is 48.5 Å². The monoisotopic (exact) mass is 455 g/mol. The van der Waals surface area contributed by atoms with Crippen molar-refractivity contribution in [3.63, 3.8) is 0 Å². The molecule has 1 aliphatic rings. The van der Waals surface area contributed by atoms with Crippen LogP contribution in [0.5, 0.6) is 0 Å². The maximum atomic E-state index is 13.1. The molecule has 1 saturated carbocycles. The summed E-state index contributed by atoms with van der Waals surface area (Å²) in [5, 5.41) is 22.2. The second-order valence-corrected chi connectivity index (χ2v) is 8.79. The second-order valence-electron chi connectivity index (χ2n) is 8.79. The fourth-order valence-electron chi connectivity index (χ4n) is 4.06. The lowest BCUT2D eigenvalue weighted by Crippen LogP contribution is -2.26. The number of anilines is 2. The molecule has 7 heteroatoms. The summed E-state index contributed by atoms with van der Waals surface area (Å²) >= 11 is 0. The van der Waals surface area contributed by atoms with Gasteiger partial charge in [-0.15, -0.1) is 0 Å². The molecular weight excluding hydrogens is 426 g/mol. The predicted molar refractivity (Wildman–Crippen MR) is 134 cm³/mol. The van der Waals surface area contributed by atoms with E-state index in [1.165, 1.54) is 0 Å². The van der Waals surface area contributed by atoms with Crippen LogP contribution in [0.3, 0.4) is 0 Å². The third kappa shape index (κ3) is 4.65. The number of nitrogens with zero attached hydrogens (tertiary/aromatic N) is 3. The molecule has 7 nitrogen and oxygen atoms in total. The summed E-state index contributed by atoms with van der Waals surface area (Å²) in [4.78, 5) is 17.7. The lowest BCUT2D eigenvalue weighted by atomic mass is 9.99. The molecule has 0 atom stereocenters. The van der Waals surface area contributed by atoms with Gasteiger partial charge in [0.25, 0.3) is 5.91 Å². The summed E-state index contributed by atoms with van der Waals surface area (Å²) in [6.45, 7) is 2.88. The highest BCUT2D eigenvalue weighted by Gasteiger charge is 2.26. The second kappa shape index (κ2) is 9.65. The van der Waals surface area contributed by atoms with E-state index in [9.17, 15) is 9.90 Å². The van der Waals surface area contributed by atoms with Crippen molar-refractivity contribution in [1.82, 2.24) is 20.1 Å². The number of nitrogens with one attached hydrogen (secondary N) is 2. The van der Waals surface area contributed by atoms with Crippen LogP contribution in [0.15, 0.2) is 60.9 Å². The zero-order chi connectivity index (χ0) is 23.5. The first-order chi connectivity index (χ1) is 16.7. The summed E-state index contributed by atoms with van der Waals surface area (Å²) < 4.78 is 1.94. The fourth-order valence-corrected chi connectivity index (χ4v) is 4.06. The maximum absolute atomic E-state index is 13.1. The molecule has 0 spiro atoms. The van der Waals surface area contributed by atoms with Crippen molar-refractivity contribution in [2.45, 2.75) is 51.8 Å². The number of unbranched alkanes of at least 4 members (excludes halogenated alkanes) is 1. The number of carbonyl (C=O) groups is 1. The fraction of sp³-hybridized carbons (Fsp3) is 0.296. The van der Waals surface area contributed by atoms with Crippen LogP contribution in [0, 0.1) is 0 Å². The van der Waals surface area contributed by atoms with Gasteiger partial charge in [-0.25, -0.2) is 0 Å². The Balaban J connectivity index is 1.64. The van der Waals surface area contributed by atoms with Crippen molar-refractivity contribution in [2.75, 3.05) is 5.32 Å². The van der Waals surface area contributed by atoms with Gasteiger partial charge in [-0.1, -0.05) is 31.5 Å². The molecular formula is C27H29N5O2. The van der Waals surface area contributed by atoms with Crippen molar-refractivity contribution >= 4 is 28.2 Å². The Kier molecular flexibility index (Phi) is 6.27. The molecule has 1 aliphatic carbocycles. The van der Waals surface area contributed by atoms with Gasteiger partial charge in [0.15, 0.2) is 0 Å². The number of pyridine rings is 1. The molecule has 174 valence electrons. The predicted octanol–water partition coefficient (Wildman–Crippen LogP) is 5.03. The van der Waals surface area contributed by atoms with Crippen LogP contribution in [0.25, 0.3) is 22.2 Å². The Morgan fingerprint density at radius 1 is 1.18 bits per heavy atom. The van der Waals surface area contributed by atoms with Crippen LogP contribution >= 0.6 is 0 Å². The summed E-state index contributed by atoms with van der Waals surface area (Å²) in [5.74, 6) is -0.132. The van der Waals surface area contributed by atoms with E-state index in [-0.39, 0.29) is 18.6 Å². The van der Waals surface area contributed by atoms with Gasteiger partial charge < -0.3 is 15.7 Å². The van der Waals surface area contributed by atoms with E-state index in [0.717, 1.165) is 60.1 Å². The van der Waals surface area contributed by atoms with Crippen LogP contribution in [0.2, 0.25) is 0 Å². The first-order valence-corrected chi connectivity index (χ1v) is 11.9. The van der Waals surface area contributed by atoms with Gasteiger partial charge in [0.05, 0.1) is 29.1 Å². The van der Waals surface area contributed by atoms with Gasteiger partial charge in [-0.2, -0.15) is 5.10 Å². The van der Waals surface area contributed by atoms with Crippen molar-refractivity contribution in [3.8, 4) is 11.3 Å². The van der Waals surface area contributed by atoms with Crippen LogP contribution in [-0.2, 0) is 13.2 Å². The average molecular weight is 456 g/mol. The minimum atomic E-state index is -0.132. The molecule has 0 bridgehead atoms. The highest BCUT2D eigenvalue weighted by Crippen LogP contribution is 2.35. The van der Waals surface area contributed by atoms with E-state index in [1.54, 1.807) is 6.20 Å². The third-order valence-corrected chi connectivity index (χ3v) is 6.12. The number of hydrogen-bond acceptors (Lipinski definition) is 5. The number of rotatable bonds is 9. The summed E-state index contributed by atoms with van der Waals surface area (Å²) in [5.41, 5.74) is 5.17. The van der Waals surface area contributed by atoms with Gasteiger partial charge in [0.1, 0.15) is 0 Å². The molecule has 1 amide bonds. The van der Waals surface area contributed by atoms with E-state index >= 15 is 0 Å². The molecule has 0 saturated heterocycles. The summed E-state index contributed by atoms with van der Waals surface area (Å²) in [6, 6.07) is 15.9. The van der Waals surface area contributed by atoms with Crippen molar-refractivity contribution in [2.24, 2.45) is 0 Å². The Morgan fingerprint density at radius 3 is 2.74 bits per heavy atom. The standard InChI is InChI=1S/C27H29N5O2/c1-2-3-12-32-13-11-24(31-32)21-15-22-25(14-18(21)17-33)28-16-23(27(34)30-20-9-10-20)26(22)29-19-7-5-4-6-8-19/h4-8,11,13-16,20,33H,2-3,9-10,12,17H2,1H3,(H,28,29)(H,30,34). The van der Waals surface area contributed by atoms with Gasteiger partial charge in [0.2, 0.25) is 0 Å². The summed E-state index contributed by atoms with van der Waals surface area (Å²) in [7, 11) is 0. The Hall–Kier alpha value is -3.71. The largest absolute Gasteiger partial charge is 0.392 e. The van der Waals surface area contributed by atoms with Crippen LogP contribution in [-0.4, -0.2) is 31.8 Å². The zero-order valence-electron chi connectivity index (χ0n) is 19.3. The molecule has 0 radical (unpaired) electrons. The van der Waals surface area contributed by atoms with Crippen molar-refractivity contribution < 1.29 is 9.90 Å². The number of aryl methyl sites for hydroxylation is 1. The lowest BCUT2D eigenvalue weighted by molar-refractivity contribution is 0.0951.